The average Bonchev–Trinajstić information content (AvgIpc) is 2.53. The van der Waals surface area contributed by atoms with Crippen molar-refractivity contribution in [2.45, 2.75) is 12.7 Å². The van der Waals surface area contributed by atoms with Crippen LogP contribution in [0.25, 0.3) is 0 Å². The van der Waals surface area contributed by atoms with E-state index in [0.29, 0.717) is 5.56 Å². The molecule has 1 N–H and O–H groups in total. The van der Waals surface area contributed by atoms with Gasteiger partial charge in [0.15, 0.2) is 0 Å². The Labute approximate surface area is 116 Å². The van der Waals surface area contributed by atoms with Crippen molar-refractivity contribution in [1.82, 2.24) is 0 Å². The summed E-state index contributed by atoms with van der Waals surface area (Å²) in [6.45, 7) is 0.00687. The zero-order valence-corrected chi connectivity index (χ0v) is 10.7. The standard InChI is InChI=1S/C16H14O4/c17-14(13-9-5-2-6-10-13)15(18)16(19)20-11-12-7-3-1-4-8-12/h1-10,14,17H,11H2. The van der Waals surface area contributed by atoms with Crippen LogP contribution in [0.15, 0.2) is 60.7 Å². The molecule has 20 heavy (non-hydrogen) atoms. The van der Waals surface area contributed by atoms with Gasteiger partial charge in [-0.1, -0.05) is 60.7 Å². The van der Waals surface area contributed by atoms with Crippen LogP contribution in [-0.4, -0.2) is 16.9 Å². The van der Waals surface area contributed by atoms with Crippen LogP contribution in [0.3, 0.4) is 0 Å². The molecule has 2 aromatic rings. The number of aliphatic hydroxyl groups is 1. The third kappa shape index (κ3) is 3.52. The van der Waals surface area contributed by atoms with Crippen LogP contribution in [0.5, 0.6) is 0 Å². The molecule has 0 amide bonds. The number of carbonyl (C=O) groups is 2. The van der Waals surface area contributed by atoms with E-state index < -0.39 is 17.9 Å². The predicted octanol–water partition coefficient (Wildman–Crippen LogP) is 2.03. The third-order valence-corrected chi connectivity index (χ3v) is 2.78. The van der Waals surface area contributed by atoms with E-state index in [9.17, 15) is 14.7 Å². The third-order valence-electron chi connectivity index (χ3n) is 2.78. The molecule has 0 radical (unpaired) electrons. The van der Waals surface area contributed by atoms with E-state index in [-0.39, 0.29) is 6.61 Å². The first-order valence-electron chi connectivity index (χ1n) is 6.16. The fraction of sp³-hybridized carbons (Fsp3) is 0.125. The number of esters is 1. The Bertz CT molecular complexity index is 578. The number of carbonyl (C=O) groups excluding carboxylic acids is 2. The van der Waals surface area contributed by atoms with Gasteiger partial charge < -0.3 is 9.84 Å². The second kappa shape index (κ2) is 6.63. The molecule has 1 unspecified atom stereocenters. The lowest BCUT2D eigenvalue weighted by atomic mass is 10.1. The smallest absolute Gasteiger partial charge is 0.378 e. The molecule has 0 bridgehead atoms. The first-order chi connectivity index (χ1) is 9.68. The maximum absolute atomic E-state index is 11.7. The minimum absolute atomic E-state index is 0.00687. The summed E-state index contributed by atoms with van der Waals surface area (Å²) in [4.78, 5) is 23.3. The summed E-state index contributed by atoms with van der Waals surface area (Å²) in [6.07, 6.45) is -1.49. The summed E-state index contributed by atoms with van der Waals surface area (Å²) < 4.78 is 4.88. The average molecular weight is 270 g/mol. The molecule has 2 aromatic carbocycles. The van der Waals surface area contributed by atoms with E-state index in [1.807, 2.05) is 18.2 Å². The van der Waals surface area contributed by atoms with Crippen molar-refractivity contribution in [3.8, 4) is 0 Å². The van der Waals surface area contributed by atoms with Gasteiger partial charge in [0.25, 0.3) is 5.78 Å². The summed E-state index contributed by atoms with van der Waals surface area (Å²) in [5.41, 5.74) is 1.15. The highest BCUT2D eigenvalue weighted by molar-refractivity contribution is 6.35. The highest BCUT2D eigenvalue weighted by atomic mass is 16.5. The van der Waals surface area contributed by atoms with Crippen molar-refractivity contribution < 1.29 is 19.4 Å². The molecule has 2 rings (SSSR count). The Morgan fingerprint density at radius 2 is 1.50 bits per heavy atom. The number of benzene rings is 2. The molecule has 0 aliphatic heterocycles. The number of ketones is 1. The van der Waals surface area contributed by atoms with Crippen LogP contribution in [0.4, 0.5) is 0 Å². The summed E-state index contributed by atoms with van der Waals surface area (Å²) in [5, 5.41) is 9.81. The fourth-order valence-electron chi connectivity index (χ4n) is 1.69. The van der Waals surface area contributed by atoms with E-state index in [4.69, 9.17) is 4.74 Å². The van der Waals surface area contributed by atoms with E-state index >= 15 is 0 Å². The maximum atomic E-state index is 11.7. The topological polar surface area (TPSA) is 63.6 Å². The lowest BCUT2D eigenvalue weighted by molar-refractivity contribution is -0.158. The van der Waals surface area contributed by atoms with E-state index in [2.05, 4.69) is 0 Å². The van der Waals surface area contributed by atoms with Gasteiger partial charge in [-0.05, 0) is 11.1 Å². The number of hydrogen-bond acceptors (Lipinski definition) is 4. The lowest BCUT2D eigenvalue weighted by Gasteiger charge is -2.09. The van der Waals surface area contributed by atoms with Crippen LogP contribution in [0, 0.1) is 0 Å². The van der Waals surface area contributed by atoms with Gasteiger partial charge in [0, 0.05) is 0 Å². The minimum Gasteiger partial charge on any atom is -0.455 e. The van der Waals surface area contributed by atoms with Gasteiger partial charge in [-0.15, -0.1) is 0 Å². The molecule has 1 atom stereocenters. The van der Waals surface area contributed by atoms with Crippen LogP contribution < -0.4 is 0 Å². The van der Waals surface area contributed by atoms with E-state index in [1.54, 1.807) is 42.5 Å². The van der Waals surface area contributed by atoms with Gasteiger partial charge in [0.2, 0.25) is 0 Å². The zero-order valence-electron chi connectivity index (χ0n) is 10.7. The second-order valence-electron chi connectivity index (χ2n) is 4.24. The summed E-state index contributed by atoms with van der Waals surface area (Å²) in [7, 11) is 0. The van der Waals surface area contributed by atoms with Crippen molar-refractivity contribution in [1.29, 1.82) is 0 Å². The largest absolute Gasteiger partial charge is 0.455 e. The Morgan fingerprint density at radius 1 is 0.950 bits per heavy atom. The van der Waals surface area contributed by atoms with Crippen molar-refractivity contribution >= 4 is 11.8 Å². The summed E-state index contributed by atoms with van der Waals surface area (Å²) >= 11 is 0. The molecule has 4 heteroatoms. The Kier molecular flexibility index (Phi) is 4.63. The Balaban J connectivity index is 1.94. The van der Waals surface area contributed by atoms with Gasteiger partial charge in [-0.2, -0.15) is 0 Å². The predicted molar refractivity (Wildman–Crippen MR) is 72.6 cm³/mol. The van der Waals surface area contributed by atoms with Crippen LogP contribution in [0.1, 0.15) is 17.2 Å². The van der Waals surface area contributed by atoms with Crippen molar-refractivity contribution in [3.63, 3.8) is 0 Å². The molecule has 0 aliphatic carbocycles. The molecule has 0 spiro atoms. The fourth-order valence-corrected chi connectivity index (χ4v) is 1.69. The minimum atomic E-state index is -1.49. The van der Waals surface area contributed by atoms with Crippen LogP contribution in [-0.2, 0) is 20.9 Å². The molecule has 102 valence electrons. The van der Waals surface area contributed by atoms with E-state index in [1.165, 1.54) is 0 Å². The molecule has 0 saturated carbocycles. The monoisotopic (exact) mass is 270 g/mol. The molecule has 4 nitrogen and oxygen atoms in total. The van der Waals surface area contributed by atoms with Crippen LogP contribution in [0.2, 0.25) is 0 Å². The van der Waals surface area contributed by atoms with Gasteiger partial charge >= 0.3 is 5.97 Å². The molecule has 0 heterocycles. The number of rotatable bonds is 5. The highest BCUT2D eigenvalue weighted by Crippen LogP contribution is 2.14. The normalized spacial score (nSPS) is 11.7. The Hall–Kier alpha value is -2.46. The number of aliphatic hydroxyl groups excluding tert-OH is 1. The highest BCUT2D eigenvalue weighted by Gasteiger charge is 2.25. The van der Waals surface area contributed by atoms with Gasteiger partial charge in [0.1, 0.15) is 12.7 Å². The van der Waals surface area contributed by atoms with Crippen molar-refractivity contribution in [3.05, 3.63) is 71.8 Å². The number of Topliss-reactive ketones (excluding diaryl/α,β-unsaturated/α-hetero) is 1. The SMILES string of the molecule is O=C(OCc1ccccc1)C(=O)C(O)c1ccccc1. The molecule has 0 fully saturated rings. The summed E-state index contributed by atoms with van der Waals surface area (Å²) in [5.74, 6) is -2.00. The lowest BCUT2D eigenvalue weighted by Crippen LogP contribution is -2.24. The van der Waals surface area contributed by atoms with Crippen molar-refractivity contribution in [2.24, 2.45) is 0 Å². The zero-order chi connectivity index (χ0) is 14.4. The maximum Gasteiger partial charge on any atom is 0.378 e. The molecule has 0 aliphatic rings. The van der Waals surface area contributed by atoms with Gasteiger partial charge in [-0.25, -0.2) is 4.79 Å². The van der Waals surface area contributed by atoms with E-state index in [0.717, 1.165) is 5.56 Å². The van der Waals surface area contributed by atoms with Crippen LogP contribution >= 0.6 is 0 Å². The molecular formula is C16H14O4. The molecular weight excluding hydrogens is 256 g/mol. The summed E-state index contributed by atoms with van der Waals surface area (Å²) in [6, 6.07) is 17.3. The second-order valence-corrected chi connectivity index (χ2v) is 4.24. The quantitative estimate of drug-likeness (QED) is 0.667. The first kappa shape index (κ1) is 14.0. The molecule has 0 aromatic heterocycles. The van der Waals surface area contributed by atoms with Crippen molar-refractivity contribution in [2.75, 3.05) is 0 Å². The first-order valence-corrected chi connectivity index (χ1v) is 6.16. The molecule has 0 saturated heterocycles. The number of ether oxygens (including phenoxy) is 1. The number of hydrogen-bond donors (Lipinski definition) is 1. The Morgan fingerprint density at radius 3 is 2.10 bits per heavy atom. The van der Waals surface area contributed by atoms with Gasteiger partial charge in [-0.3, -0.25) is 4.79 Å². The van der Waals surface area contributed by atoms with Gasteiger partial charge in [0.05, 0.1) is 0 Å².